The Kier molecular flexibility index (Phi) is 5.41. The van der Waals surface area contributed by atoms with Crippen LogP contribution in [0.3, 0.4) is 0 Å². The van der Waals surface area contributed by atoms with E-state index in [0.29, 0.717) is 25.3 Å². The van der Waals surface area contributed by atoms with E-state index in [-0.39, 0.29) is 24.2 Å². The van der Waals surface area contributed by atoms with Crippen molar-refractivity contribution in [3.8, 4) is 0 Å². The highest BCUT2D eigenvalue weighted by molar-refractivity contribution is 5.86. The van der Waals surface area contributed by atoms with E-state index in [1.165, 1.54) is 0 Å². The van der Waals surface area contributed by atoms with Gasteiger partial charge >= 0.3 is 5.97 Å². The molecule has 124 valence electrons. The first-order valence-corrected chi connectivity index (χ1v) is 7.34. The van der Waals surface area contributed by atoms with Crippen molar-refractivity contribution < 1.29 is 28.3 Å². The van der Waals surface area contributed by atoms with Crippen LogP contribution in [0.5, 0.6) is 0 Å². The third-order valence-corrected chi connectivity index (χ3v) is 3.86. The number of aliphatic carboxylic acids is 1. The maximum absolute atomic E-state index is 13.1. The fraction of sp³-hybridized carbons (Fsp3) is 0.438. The molecule has 0 saturated heterocycles. The van der Waals surface area contributed by atoms with Gasteiger partial charge in [-0.05, 0) is 36.5 Å². The van der Waals surface area contributed by atoms with Crippen LogP contribution >= 0.6 is 0 Å². The van der Waals surface area contributed by atoms with Crippen LogP contribution in [0.15, 0.2) is 18.2 Å². The topological polar surface area (TPSA) is 83.5 Å². The fourth-order valence-corrected chi connectivity index (χ4v) is 2.85. The van der Waals surface area contributed by atoms with E-state index < -0.39 is 35.5 Å². The summed E-state index contributed by atoms with van der Waals surface area (Å²) in [5.41, 5.74) is 0.115. The SMILES string of the molecule is O=C1CCC[C@@H]([C@H](NC(=O)Cc2cc(F)cc(F)c2)C(=O)O)C1. The van der Waals surface area contributed by atoms with Crippen molar-refractivity contribution in [2.75, 3.05) is 0 Å². The molecule has 1 aliphatic rings. The summed E-state index contributed by atoms with van der Waals surface area (Å²) in [7, 11) is 0. The lowest BCUT2D eigenvalue weighted by atomic mass is 9.83. The van der Waals surface area contributed by atoms with Crippen LogP contribution in [0.25, 0.3) is 0 Å². The molecule has 1 amide bonds. The third-order valence-electron chi connectivity index (χ3n) is 3.86. The molecule has 0 aliphatic heterocycles. The molecule has 7 heteroatoms. The Morgan fingerprint density at radius 1 is 1.26 bits per heavy atom. The number of carboxylic acids is 1. The second kappa shape index (κ2) is 7.30. The molecule has 2 atom stereocenters. The van der Waals surface area contributed by atoms with E-state index in [4.69, 9.17) is 0 Å². The minimum absolute atomic E-state index is 0.0195. The molecule has 0 radical (unpaired) electrons. The molecule has 23 heavy (non-hydrogen) atoms. The van der Waals surface area contributed by atoms with Crippen LogP contribution in [0.4, 0.5) is 8.78 Å². The van der Waals surface area contributed by atoms with Gasteiger partial charge in [0.15, 0.2) is 0 Å². The zero-order valence-electron chi connectivity index (χ0n) is 12.4. The van der Waals surface area contributed by atoms with Crippen molar-refractivity contribution in [2.24, 2.45) is 5.92 Å². The number of hydrogen-bond acceptors (Lipinski definition) is 3. The Labute approximate surface area is 131 Å². The number of nitrogens with one attached hydrogen (secondary N) is 1. The first-order chi connectivity index (χ1) is 10.8. The molecule has 0 unspecified atom stereocenters. The lowest BCUT2D eigenvalue weighted by molar-refractivity contribution is -0.144. The van der Waals surface area contributed by atoms with Crippen LogP contribution < -0.4 is 5.32 Å². The van der Waals surface area contributed by atoms with Crippen LogP contribution in [0, 0.1) is 17.6 Å². The van der Waals surface area contributed by atoms with E-state index in [0.717, 1.165) is 12.1 Å². The first-order valence-electron chi connectivity index (χ1n) is 7.34. The summed E-state index contributed by atoms with van der Waals surface area (Å²) in [4.78, 5) is 34.8. The maximum atomic E-state index is 13.1. The highest BCUT2D eigenvalue weighted by Crippen LogP contribution is 2.24. The Morgan fingerprint density at radius 3 is 2.48 bits per heavy atom. The number of halogens is 2. The van der Waals surface area contributed by atoms with Gasteiger partial charge in [-0.25, -0.2) is 13.6 Å². The van der Waals surface area contributed by atoms with Gasteiger partial charge in [0.1, 0.15) is 23.5 Å². The van der Waals surface area contributed by atoms with E-state index in [2.05, 4.69) is 5.32 Å². The summed E-state index contributed by atoms with van der Waals surface area (Å²) < 4.78 is 26.2. The van der Waals surface area contributed by atoms with Crippen LogP contribution in [-0.4, -0.2) is 28.8 Å². The molecular weight excluding hydrogens is 308 g/mol. The fourth-order valence-electron chi connectivity index (χ4n) is 2.85. The molecular formula is C16H17F2NO4. The number of rotatable bonds is 5. The van der Waals surface area contributed by atoms with Gasteiger partial charge in [0.2, 0.25) is 5.91 Å². The first kappa shape index (κ1) is 17.1. The number of carboxylic acid groups (broad SMARTS) is 1. The molecule has 1 saturated carbocycles. The summed E-state index contributed by atoms with van der Waals surface area (Å²) in [5, 5.41) is 11.6. The molecule has 2 rings (SSSR count). The van der Waals surface area contributed by atoms with Gasteiger partial charge in [-0.15, -0.1) is 0 Å². The Hall–Kier alpha value is -2.31. The summed E-state index contributed by atoms with van der Waals surface area (Å²) in [5.74, 6) is -3.96. The molecule has 0 spiro atoms. The average Bonchev–Trinajstić information content (AvgIpc) is 2.43. The predicted molar refractivity (Wildman–Crippen MR) is 76.6 cm³/mol. The maximum Gasteiger partial charge on any atom is 0.326 e. The summed E-state index contributed by atoms with van der Waals surface area (Å²) in [6, 6.07) is 1.55. The van der Waals surface area contributed by atoms with Crippen molar-refractivity contribution >= 4 is 17.7 Å². The van der Waals surface area contributed by atoms with Gasteiger partial charge < -0.3 is 10.4 Å². The molecule has 0 aromatic heterocycles. The number of carbonyl (C=O) groups excluding carboxylic acids is 2. The number of ketones is 1. The molecule has 0 heterocycles. The smallest absolute Gasteiger partial charge is 0.326 e. The monoisotopic (exact) mass is 325 g/mol. The number of benzene rings is 1. The third kappa shape index (κ3) is 4.84. The van der Waals surface area contributed by atoms with Gasteiger partial charge in [-0.1, -0.05) is 0 Å². The second-order valence-electron chi connectivity index (χ2n) is 5.73. The largest absolute Gasteiger partial charge is 0.480 e. The van der Waals surface area contributed by atoms with Crippen LogP contribution in [-0.2, 0) is 20.8 Å². The molecule has 5 nitrogen and oxygen atoms in total. The number of hydrogen-bond donors (Lipinski definition) is 2. The van der Waals surface area contributed by atoms with Gasteiger partial charge in [-0.2, -0.15) is 0 Å². The number of amides is 1. The Bertz CT molecular complexity index is 612. The lowest BCUT2D eigenvalue weighted by Crippen LogP contribution is -2.47. The number of carbonyl (C=O) groups is 3. The Morgan fingerprint density at radius 2 is 1.91 bits per heavy atom. The molecule has 2 N–H and O–H groups in total. The van der Waals surface area contributed by atoms with Crippen molar-refractivity contribution in [1.29, 1.82) is 0 Å². The normalized spacial score (nSPS) is 19.2. The molecule has 1 aromatic rings. The molecule has 1 fully saturated rings. The van der Waals surface area contributed by atoms with Gasteiger partial charge in [0.25, 0.3) is 0 Å². The highest BCUT2D eigenvalue weighted by Gasteiger charge is 2.33. The second-order valence-corrected chi connectivity index (χ2v) is 5.73. The Balaban J connectivity index is 2.03. The van der Waals surface area contributed by atoms with Crippen LogP contribution in [0.1, 0.15) is 31.2 Å². The summed E-state index contributed by atoms with van der Waals surface area (Å²) in [6.07, 6.45) is 1.35. The van der Waals surface area contributed by atoms with Crippen molar-refractivity contribution in [1.82, 2.24) is 5.32 Å². The quantitative estimate of drug-likeness (QED) is 0.865. The zero-order chi connectivity index (χ0) is 17.0. The highest BCUT2D eigenvalue weighted by atomic mass is 19.1. The minimum Gasteiger partial charge on any atom is -0.480 e. The van der Waals surface area contributed by atoms with Crippen molar-refractivity contribution in [3.63, 3.8) is 0 Å². The van der Waals surface area contributed by atoms with E-state index in [1.54, 1.807) is 0 Å². The standard InChI is InChI=1S/C16H17F2NO4/c17-11-4-9(5-12(18)8-11)6-14(21)19-15(16(22)23)10-2-1-3-13(20)7-10/h4-5,8,10,15H,1-3,6-7H2,(H,19,21)(H,22,23)/t10-,15+/m1/s1. The molecule has 1 aromatic carbocycles. The van der Waals surface area contributed by atoms with Crippen molar-refractivity contribution in [3.05, 3.63) is 35.4 Å². The molecule has 0 bridgehead atoms. The minimum atomic E-state index is -1.22. The van der Waals surface area contributed by atoms with E-state index in [9.17, 15) is 28.3 Å². The number of Topliss-reactive ketones (excluding diaryl/α,β-unsaturated/α-hetero) is 1. The summed E-state index contributed by atoms with van der Waals surface area (Å²) in [6.45, 7) is 0. The van der Waals surface area contributed by atoms with Crippen LogP contribution in [0.2, 0.25) is 0 Å². The van der Waals surface area contributed by atoms with E-state index >= 15 is 0 Å². The predicted octanol–water partition coefficient (Wildman–Crippen LogP) is 1.84. The van der Waals surface area contributed by atoms with E-state index in [1.807, 2.05) is 0 Å². The molecule has 1 aliphatic carbocycles. The summed E-state index contributed by atoms with van der Waals surface area (Å²) >= 11 is 0. The lowest BCUT2D eigenvalue weighted by Gasteiger charge is -2.27. The van der Waals surface area contributed by atoms with Gasteiger partial charge in [-0.3, -0.25) is 9.59 Å². The van der Waals surface area contributed by atoms with Crippen molar-refractivity contribution in [2.45, 2.75) is 38.1 Å². The average molecular weight is 325 g/mol. The van der Waals surface area contributed by atoms with Gasteiger partial charge in [0, 0.05) is 18.9 Å². The van der Waals surface area contributed by atoms with Gasteiger partial charge in [0.05, 0.1) is 6.42 Å². The zero-order valence-corrected chi connectivity index (χ0v) is 12.4.